The summed E-state index contributed by atoms with van der Waals surface area (Å²) in [5.41, 5.74) is 6.85. The van der Waals surface area contributed by atoms with Crippen LogP contribution in [0.15, 0.2) is 31.1 Å². The average molecular weight is 447 g/mol. The molecule has 33 heavy (non-hydrogen) atoms. The number of allylic oxidation sites excluding steroid dienone is 1. The first-order chi connectivity index (χ1) is 15.9. The number of likely N-dealkylation sites (tertiary alicyclic amines) is 1. The second-order valence-corrected chi connectivity index (χ2v) is 9.81. The minimum atomic E-state index is 0.243. The summed E-state index contributed by atoms with van der Waals surface area (Å²) in [6.45, 7) is 16.7. The number of fused-ring (bicyclic) bond motifs is 1. The normalized spacial score (nSPS) is 18.9. The van der Waals surface area contributed by atoms with Crippen molar-refractivity contribution in [1.29, 1.82) is 0 Å². The lowest BCUT2D eigenvalue weighted by Crippen LogP contribution is -2.61. The van der Waals surface area contributed by atoms with E-state index in [-0.39, 0.29) is 5.54 Å². The van der Waals surface area contributed by atoms with E-state index in [4.69, 9.17) is 9.72 Å². The van der Waals surface area contributed by atoms with Gasteiger partial charge in [-0.05, 0) is 82.3 Å². The molecular weight excluding hydrogens is 412 g/mol. The SMILES string of the molecule is C=C(CC)n1ncc(Nc2ncc3cc(C)c(C4CCN(C5(C)COC5)CC4)cc3n2)c1C. The number of rotatable bonds is 6. The van der Waals surface area contributed by atoms with E-state index in [2.05, 4.69) is 59.8 Å². The van der Waals surface area contributed by atoms with Crippen molar-refractivity contribution in [2.45, 2.75) is 58.4 Å². The first-order valence-electron chi connectivity index (χ1n) is 12.0. The lowest BCUT2D eigenvalue weighted by molar-refractivity contribution is -0.136. The van der Waals surface area contributed by atoms with Crippen LogP contribution in [0.25, 0.3) is 16.6 Å². The molecular formula is C26H34N6O. The van der Waals surface area contributed by atoms with Crippen LogP contribution in [0.1, 0.15) is 55.8 Å². The highest BCUT2D eigenvalue weighted by Gasteiger charge is 2.41. The Balaban J connectivity index is 1.36. The Morgan fingerprint density at radius 1 is 1.21 bits per heavy atom. The van der Waals surface area contributed by atoms with Crippen molar-refractivity contribution in [3.05, 3.63) is 47.9 Å². The number of anilines is 2. The fraction of sp³-hybridized carbons (Fsp3) is 0.500. The monoisotopic (exact) mass is 446 g/mol. The summed E-state index contributed by atoms with van der Waals surface area (Å²) in [4.78, 5) is 12.0. The predicted octanol–water partition coefficient (Wildman–Crippen LogP) is 5.04. The van der Waals surface area contributed by atoms with Gasteiger partial charge in [-0.15, -0.1) is 0 Å². The molecule has 0 aliphatic carbocycles. The highest BCUT2D eigenvalue weighted by atomic mass is 16.5. The van der Waals surface area contributed by atoms with Crippen LogP contribution in [0.5, 0.6) is 0 Å². The summed E-state index contributed by atoms with van der Waals surface area (Å²) >= 11 is 0. The number of nitrogens with one attached hydrogen (secondary N) is 1. The van der Waals surface area contributed by atoms with Gasteiger partial charge in [0.15, 0.2) is 0 Å². The van der Waals surface area contributed by atoms with E-state index in [1.54, 1.807) is 0 Å². The van der Waals surface area contributed by atoms with Crippen LogP contribution in [0.3, 0.4) is 0 Å². The van der Waals surface area contributed by atoms with Crippen LogP contribution in [-0.2, 0) is 4.74 Å². The van der Waals surface area contributed by atoms with Crippen molar-refractivity contribution in [3.8, 4) is 0 Å². The molecule has 7 nitrogen and oxygen atoms in total. The zero-order chi connectivity index (χ0) is 23.2. The van der Waals surface area contributed by atoms with Gasteiger partial charge in [-0.3, -0.25) is 4.90 Å². The summed E-state index contributed by atoms with van der Waals surface area (Å²) in [5.74, 6) is 1.16. The molecule has 2 aromatic heterocycles. The van der Waals surface area contributed by atoms with Gasteiger partial charge in [0.1, 0.15) is 0 Å². The molecule has 0 radical (unpaired) electrons. The summed E-state index contributed by atoms with van der Waals surface area (Å²) in [7, 11) is 0. The molecule has 3 aromatic rings. The topological polar surface area (TPSA) is 68.1 Å². The molecule has 2 fully saturated rings. The molecule has 5 rings (SSSR count). The summed E-state index contributed by atoms with van der Waals surface area (Å²) in [6.07, 6.45) is 6.93. The highest BCUT2D eigenvalue weighted by molar-refractivity contribution is 5.81. The minimum absolute atomic E-state index is 0.243. The Bertz CT molecular complexity index is 1190. The van der Waals surface area contributed by atoms with Crippen molar-refractivity contribution in [2.24, 2.45) is 0 Å². The Morgan fingerprint density at radius 2 is 1.97 bits per heavy atom. The summed E-state index contributed by atoms with van der Waals surface area (Å²) < 4.78 is 7.35. The van der Waals surface area contributed by atoms with E-state index >= 15 is 0 Å². The number of hydrogen-bond donors (Lipinski definition) is 1. The molecule has 174 valence electrons. The third-order valence-corrected chi connectivity index (χ3v) is 7.46. The Kier molecular flexibility index (Phi) is 5.70. The second kappa shape index (κ2) is 8.54. The van der Waals surface area contributed by atoms with Crippen LogP contribution in [0.2, 0.25) is 0 Å². The fourth-order valence-corrected chi connectivity index (χ4v) is 5.14. The molecule has 0 amide bonds. The van der Waals surface area contributed by atoms with E-state index < -0.39 is 0 Å². The van der Waals surface area contributed by atoms with E-state index in [0.717, 1.165) is 60.7 Å². The van der Waals surface area contributed by atoms with Crippen molar-refractivity contribution < 1.29 is 4.74 Å². The van der Waals surface area contributed by atoms with Gasteiger partial charge in [0.05, 0.1) is 41.8 Å². The van der Waals surface area contributed by atoms with Crippen molar-refractivity contribution >= 4 is 28.2 Å². The van der Waals surface area contributed by atoms with E-state index in [9.17, 15) is 0 Å². The van der Waals surface area contributed by atoms with E-state index in [1.807, 2.05) is 24.0 Å². The minimum Gasteiger partial charge on any atom is -0.377 e. The number of nitrogens with zero attached hydrogens (tertiary/aromatic N) is 5. The van der Waals surface area contributed by atoms with E-state index in [1.165, 1.54) is 24.0 Å². The van der Waals surface area contributed by atoms with Gasteiger partial charge in [-0.2, -0.15) is 5.10 Å². The van der Waals surface area contributed by atoms with Crippen molar-refractivity contribution in [3.63, 3.8) is 0 Å². The van der Waals surface area contributed by atoms with Gasteiger partial charge in [-0.25, -0.2) is 14.6 Å². The molecule has 4 heterocycles. The zero-order valence-electron chi connectivity index (χ0n) is 20.2. The highest BCUT2D eigenvalue weighted by Crippen LogP contribution is 2.36. The zero-order valence-corrected chi connectivity index (χ0v) is 20.2. The maximum Gasteiger partial charge on any atom is 0.227 e. The van der Waals surface area contributed by atoms with Crippen LogP contribution in [0.4, 0.5) is 11.6 Å². The lowest BCUT2D eigenvalue weighted by atomic mass is 9.84. The van der Waals surface area contributed by atoms with Gasteiger partial charge in [0.25, 0.3) is 0 Å². The standard InChI is InChI=1S/C26H34N6O/c1-6-18(3)32-19(4)24(14-28-32)30-25-27-13-21-11-17(2)22(12-23(21)29-25)20-7-9-31(10-8-20)26(5)15-33-16-26/h11-14,20H,3,6-10,15-16H2,1-2,4-5H3,(H,27,29,30). The third kappa shape index (κ3) is 4.04. The molecule has 7 heteroatoms. The molecule has 0 unspecified atom stereocenters. The number of aromatic nitrogens is 4. The molecule has 2 aliphatic heterocycles. The van der Waals surface area contributed by atoms with Crippen molar-refractivity contribution in [2.75, 3.05) is 31.6 Å². The van der Waals surface area contributed by atoms with Crippen LogP contribution in [-0.4, -0.2) is 56.5 Å². The first kappa shape index (κ1) is 22.0. The number of ether oxygens (including phenoxy) is 1. The summed E-state index contributed by atoms with van der Waals surface area (Å²) in [5, 5.41) is 8.87. The van der Waals surface area contributed by atoms with Gasteiger partial charge in [0.2, 0.25) is 5.95 Å². The fourth-order valence-electron chi connectivity index (χ4n) is 5.14. The lowest BCUT2D eigenvalue weighted by Gasteiger charge is -2.50. The number of aryl methyl sites for hydroxylation is 1. The predicted molar refractivity (Wildman–Crippen MR) is 133 cm³/mol. The molecule has 0 saturated carbocycles. The quantitative estimate of drug-likeness (QED) is 0.572. The maximum atomic E-state index is 5.48. The first-order valence-corrected chi connectivity index (χ1v) is 12.0. The van der Waals surface area contributed by atoms with Gasteiger partial charge in [0, 0.05) is 17.3 Å². The molecule has 2 saturated heterocycles. The molecule has 1 aromatic carbocycles. The van der Waals surface area contributed by atoms with Gasteiger partial charge in [-0.1, -0.05) is 13.5 Å². The number of benzene rings is 1. The largest absolute Gasteiger partial charge is 0.377 e. The maximum absolute atomic E-state index is 5.48. The Morgan fingerprint density at radius 3 is 2.64 bits per heavy atom. The van der Waals surface area contributed by atoms with Gasteiger partial charge >= 0.3 is 0 Å². The van der Waals surface area contributed by atoms with Gasteiger partial charge < -0.3 is 10.1 Å². The van der Waals surface area contributed by atoms with Crippen LogP contribution >= 0.6 is 0 Å². The van der Waals surface area contributed by atoms with Crippen LogP contribution in [0, 0.1) is 13.8 Å². The summed E-state index contributed by atoms with van der Waals surface area (Å²) in [6, 6.07) is 4.51. The number of hydrogen-bond acceptors (Lipinski definition) is 6. The average Bonchev–Trinajstić information content (AvgIpc) is 3.16. The van der Waals surface area contributed by atoms with Crippen LogP contribution < -0.4 is 5.32 Å². The van der Waals surface area contributed by atoms with Crippen molar-refractivity contribution in [1.82, 2.24) is 24.6 Å². The Labute approximate surface area is 195 Å². The molecule has 1 N–H and O–H groups in total. The smallest absolute Gasteiger partial charge is 0.227 e. The Hall–Kier alpha value is -2.77. The number of piperidine rings is 1. The second-order valence-electron chi connectivity index (χ2n) is 9.81. The van der Waals surface area contributed by atoms with E-state index in [0.29, 0.717) is 11.9 Å². The molecule has 0 atom stereocenters. The molecule has 0 bridgehead atoms. The molecule has 2 aliphatic rings. The molecule has 0 spiro atoms. The third-order valence-electron chi connectivity index (χ3n) is 7.46.